The number of carbonyl (C=O) groups is 1. The zero-order valence-corrected chi connectivity index (χ0v) is 12.9. The monoisotopic (exact) mass is 304 g/mol. The Labute approximate surface area is 129 Å². The van der Waals surface area contributed by atoms with Crippen molar-refractivity contribution >= 4 is 29.0 Å². The Kier molecular flexibility index (Phi) is 4.70. The molecule has 0 aliphatic heterocycles. The van der Waals surface area contributed by atoms with E-state index in [0.717, 1.165) is 16.8 Å². The van der Waals surface area contributed by atoms with Crippen LogP contribution in [0.15, 0.2) is 36.4 Å². The molecule has 0 saturated heterocycles. The van der Waals surface area contributed by atoms with Gasteiger partial charge in [-0.05, 0) is 37.1 Å². The molecule has 110 valence electrons. The van der Waals surface area contributed by atoms with Crippen molar-refractivity contribution < 1.29 is 9.53 Å². The summed E-state index contributed by atoms with van der Waals surface area (Å²) >= 11 is 6.04. The lowest BCUT2D eigenvalue weighted by Crippen LogP contribution is -2.20. The van der Waals surface area contributed by atoms with Crippen molar-refractivity contribution in [2.45, 2.75) is 13.8 Å². The van der Waals surface area contributed by atoms with Crippen LogP contribution in [0.3, 0.4) is 0 Å². The largest absolute Gasteiger partial charge is 0.495 e. The van der Waals surface area contributed by atoms with E-state index in [-0.39, 0.29) is 6.03 Å². The van der Waals surface area contributed by atoms with Gasteiger partial charge < -0.3 is 15.4 Å². The number of ether oxygens (including phenoxy) is 1. The number of benzene rings is 2. The van der Waals surface area contributed by atoms with Gasteiger partial charge in [-0.3, -0.25) is 0 Å². The van der Waals surface area contributed by atoms with Crippen LogP contribution in [-0.2, 0) is 0 Å². The second kappa shape index (κ2) is 6.50. The first kappa shape index (κ1) is 15.2. The first-order valence-electron chi connectivity index (χ1n) is 6.49. The number of methoxy groups -OCH3 is 1. The van der Waals surface area contributed by atoms with Gasteiger partial charge in [-0.2, -0.15) is 0 Å². The van der Waals surface area contributed by atoms with Gasteiger partial charge in [-0.25, -0.2) is 4.79 Å². The summed E-state index contributed by atoms with van der Waals surface area (Å²) in [7, 11) is 1.53. The van der Waals surface area contributed by atoms with E-state index in [4.69, 9.17) is 16.3 Å². The van der Waals surface area contributed by atoms with Crippen LogP contribution in [0.1, 0.15) is 11.1 Å². The van der Waals surface area contributed by atoms with E-state index in [1.807, 2.05) is 38.1 Å². The fraction of sp³-hybridized carbons (Fsp3) is 0.188. The topological polar surface area (TPSA) is 50.4 Å². The summed E-state index contributed by atoms with van der Waals surface area (Å²) in [6.07, 6.45) is 0. The Balaban J connectivity index is 2.17. The van der Waals surface area contributed by atoms with Gasteiger partial charge in [0.2, 0.25) is 0 Å². The van der Waals surface area contributed by atoms with E-state index >= 15 is 0 Å². The summed E-state index contributed by atoms with van der Waals surface area (Å²) in [5.74, 6) is 0.519. The number of carbonyl (C=O) groups excluding carboxylic acids is 1. The van der Waals surface area contributed by atoms with Gasteiger partial charge in [-0.15, -0.1) is 0 Å². The zero-order chi connectivity index (χ0) is 15.4. The lowest BCUT2D eigenvalue weighted by Gasteiger charge is -2.13. The van der Waals surface area contributed by atoms with Crippen LogP contribution in [-0.4, -0.2) is 13.1 Å². The number of halogens is 1. The average Bonchev–Trinajstić information content (AvgIpc) is 2.45. The third kappa shape index (κ3) is 3.67. The normalized spacial score (nSPS) is 10.1. The number of hydrogen-bond donors (Lipinski definition) is 2. The molecule has 5 heteroatoms. The van der Waals surface area contributed by atoms with Crippen LogP contribution < -0.4 is 15.4 Å². The SMILES string of the molecule is COc1cc(Cl)c(C)cc1NC(=O)Nc1ccccc1C. The molecule has 4 nitrogen and oxygen atoms in total. The molecule has 0 radical (unpaired) electrons. The molecule has 2 N–H and O–H groups in total. The van der Waals surface area contributed by atoms with Crippen LogP contribution >= 0.6 is 11.6 Å². The molecule has 0 bridgehead atoms. The second-order valence-electron chi connectivity index (χ2n) is 4.70. The maximum Gasteiger partial charge on any atom is 0.323 e. The highest BCUT2D eigenvalue weighted by Crippen LogP contribution is 2.31. The maximum atomic E-state index is 12.1. The quantitative estimate of drug-likeness (QED) is 0.870. The lowest BCUT2D eigenvalue weighted by atomic mass is 10.2. The van der Waals surface area contributed by atoms with E-state index in [0.29, 0.717) is 16.5 Å². The molecular weight excluding hydrogens is 288 g/mol. The molecule has 0 heterocycles. The molecule has 2 aromatic carbocycles. The van der Waals surface area contributed by atoms with Crippen LogP contribution in [0.5, 0.6) is 5.75 Å². The fourth-order valence-electron chi connectivity index (χ4n) is 1.92. The van der Waals surface area contributed by atoms with E-state index in [1.165, 1.54) is 7.11 Å². The van der Waals surface area contributed by atoms with Gasteiger partial charge >= 0.3 is 6.03 Å². The van der Waals surface area contributed by atoms with Crippen LogP contribution in [0.2, 0.25) is 5.02 Å². The maximum absolute atomic E-state index is 12.1. The highest BCUT2D eigenvalue weighted by atomic mass is 35.5. The Bertz CT molecular complexity index is 671. The summed E-state index contributed by atoms with van der Waals surface area (Å²) < 4.78 is 5.23. The zero-order valence-electron chi connectivity index (χ0n) is 12.2. The minimum Gasteiger partial charge on any atom is -0.495 e. The molecule has 0 saturated carbocycles. The molecule has 0 spiro atoms. The van der Waals surface area contributed by atoms with Gasteiger partial charge in [0.05, 0.1) is 12.8 Å². The third-order valence-corrected chi connectivity index (χ3v) is 3.53. The number of anilines is 2. The molecule has 0 aromatic heterocycles. The molecular formula is C16H17ClN2O2. The van der Waals surface area contributed by atoms with Gasteiger partial charge in [-0.1, -0.05) is 29.8 Å². The minimum atomic E-state index is -0.329. The number of rotatable bonds is 3. The van der Waals surface area contributed by atoms with Crippen molar-refractivity contribution in [3.63, 3.8) is 0 Å². The summed E-state index contributed by atoms with van der Waals surface area (Å²) in [6.45, 7) is 3.80. The number of hydrogen-bond acceptors (Lipinski definition) is 2. The molecule has 21 heavy (non-hydrogen) atoms. The average molecular weight is 305 g/mol. The Morgan fingerprint density at radius 1 is 1.05 bits per heavy atom. The van der Waals surface area contributed by atoms with Crippen molar-refractivity contribution in [3.05, 3.63) is 52.5 Å². The molecule has 0 atom stereocenters. The Hall–Kier alpha value is -2.20. The van der Waals surface area contributed by atoms with Gasteiger partial charge in [0.15, 0.2) is 0 Å². The van der Waals surface area contributed by atoms with Crippen molar-refractivity contribution in [3.8, 4) is 5.75 Å². The summed E-state index contributed by atoms with van der Waals surface area (Å²) in [6, 6.07) is 10.7. The van der Waals surface area contributed by atoms with Gasteiger partial charge in [0.1, 0.15) is 5.75 Å². The first-order valence-corrected chi connectivity index (χ1v) is 6.87. The summed E-state index contributed by atoms with van der Waals surface area (Å²) in [5.41, 5.74) is 3.20. The fourth-order valence-corrected chi connectivity index (χ4v) is 2.07. The number of nitrogens with one attached hydrogen (secondary N) is 2. The van der Waals surface area contributed by atoms with Gasteiger partial charge in [0, 0.05) is 16.8 Å². The van der Waals surface area contributed by atoms with Crippen LogP contribution in [0, 0.1) is 13.8 Å². The highest BCUT2D eigenvalue weighted by Gasteiger charge is 2.11. The number of urea groups is 1. The molecule has 0 aliphatic carbocycles. The van der Waals surface area contributed by atoms with E-state index in [1.54, 1.807) is 12.1 Å². The van der Waals surface area contributed by atoms with E-state index in [9.17, 15) is 4.79 Å². The number of para-hydroxylation sites is 1. The molecule has 0 unspecified atom stereocenters. The molecule has 0 aliphatic rings. The standard InChI is InChI=1S/C16H17ClN2O2/c1-10-6-4-5-7-13(10)18-16(20)19-14-8-11(2)12(17)9-15(14)21-3/h4-9H,1-3H3,(H2,18,19,20). The minimum absolute atomic E-state index is 0.329. The van der Waals surface area contributed by atoms with Crippen molar-refractivity contribution in [1.82, 2.24) is 0 Å². The molecule has 0 fully saturated rings. The van der Waals surface area contributed by atoms with E-state index < -0.39 is 0 Å². The van der Waals surface area contributed by atoms with Gasteiger partial charge in [0.25, 0.3) is 0 Å². The summed E-state index contributed by atoms with van der Waals surface area (Å²) in [5, 5.41) is 6.17. The van der Waals surface area contributed by atoms with Crippen LogP contribution in [0.25, 0.3) is 0 Å². The smallest absolute Gasteiger partial charge is 0.323 e. The highest BCUT2D eigenvalue weighted by molar-refractivity contribution is 6.31. The third-order valence-electron chi connectivity index (χ3n) is 3.12. The second-order valence-corrected chi connectivity index (χ2v) is 5.10. The Morgan fingerprint density at radius 3 is 2.38 bits per heavy atom. The number of amides is 2. The molecule has 2 rings (SSSR count). The van der Waals surface area contributed by atoms with Crippen molar-refractivity contribution in [2.75, 3.05) is 17.7 Å². The van der Waals surface area contributed by atoms with Crippen LogP contribution in [0.4, 0.5) is 16.2 Å². The lowest BCUT2D eigenvalue weighted by molar-refractivity contribution is 0.262. The predicted molar refractivity (Wildman–Crippen MR) is 86.6 cm³/mol. The van der Waals surface area contributed by atoms with Crippen molar-refractivity contribution in [1.29, 1.82) is 0 Å². The molecule has 2 aromatic rings. The summed E-state index contributed by atoms with van der Waals surface area (Å²) in [4.78, 5) is 12.1. The predicted octanol–water partition coefficient (Wildman–Crippen LogP) is 4.61. The molecule has 2 amide bonds. The Morgan fingerprint density at radius 2 is 1.71 bits per heavy atom. The first-order chi connectivity index (χ1) is 10.0. The van der Waals surface area contributed by atoms with E-state index in [2.05, 4.69) is 10.6 Å². The number of aryl methyl sites for hydroxylation is 2. The van der Waals surface area contributed by atoms with Crippen molar-refractivity contribution in [2.24, 2.45) is 0 Å².